The fraction of sp³-hybridized carbons (Fsp3) is 0.484. The lowest BCUT2D eigenvalue weighted by atomic mass is 10.0. The van der Waals surface area contributed by atoms with Gasteiger partial charge in [0.05, 0.1) is 45.3 Å². The van der Waals surface area contributed by atoms with E-state index in [1.165, 1.54) is 4.90 Å². The van der Waals surface area contributed by atoms with E-state index in [9.17, 15) is 19.2 Å². The molecule has 0 aliphatic carbocycles. The molecular weight excluding hydrogens is 596 g/mol. The zero-order chi connectivity index (χ0) is 32.0. The summed E-state index contributed by atoms with van der Waals surface area (Å²) in [6.45, 7) is 3.26. The number of nitrogens with zero attached hydrogens (tertiary/aromatic N) is 5. The largest absolute Gasteiger partial charge is 0.382 e. The molecule has 3 aliphatic rings. The topological polar surface area (TPSA) is 183 Å². The van der Waals surface area contributed by atoms with E-state index < -0.39 is 11.9 Å². The number of likely N-dealkylation sites (tertiary alicyclic amines) is 1. The number of nitrogen functional groups attached to an aromatic ring is 1. The zero-order valence-electron chi connectivity index (χ0n) is 25.5. The van der Waals surface area contributed by atoms with Gasteiger partial charge in [-0.3, -0.25) is 28.9 Å². The lowest BCUT2D eigenvalue weighted by Gasteiger charge is -2.29. The van der Waals surface area contributed by atoms with Crippen LogP contribution >= 0.6 is 0 Å². The van der Waals surface area contributed by atoms with Gasteiger partial charge in [0.15, 0.2) is 0 Å². The second-order valence-electron chi connectivity index (χ2n) is 11.4. The summed E-state index contributed by atoms with van der Waals surface area (Å²) in [6, 6.07) is 4.66. The molecule has 15 nitrogen and oxygen atoms in total. The molecule has 1 aromatic carbocycles. The number of ether oxygens (including phenoxy) is 3. The SMILES string of the molecule is Nc1nccn2c([C@@H]3CCCN3C(=O)COCCOCCOCCNc3cccc4c3CN(C3CCC(=O)NC3=O)C4=O)ncc12. The first-order chi connectivity index (χ1) is 22.4. The number of fused-ring (bicyclic) bond motifs is 2. The van der Waals surface area contributed by atoms with Crippen LogP contribution < -0.4 is 16.4 Å². The van der Waals surface area contributed by atoms with E-state index in [1.807, 2.05) is 15.4 Å². The monoisotopic (exact) mass is 634 g/mol. The molecule has 4 N–H and O–H groups in total. The third-order valence-electron chi connectivity index (χ3n) is 8.50. The van der Waals surface area contributed by atoms with Crippen molar-refractivity contribution in [2.45, 2.75) is 44.3 Å². The second kappa shape index (κ2) is 14.2. The van der Waals surface area contributed by atoms with Gasteiger partial charge >= 0.3 is 0 Å². The van der Waals surface area contributed by atoms with E-state index >= 15 is 0 Å². The van der Waals surface area contributed by atoms with Gasteiger partial charge in [-0.1, -0.05) is 6.07 Å². The highest BCUT2D eigenvalue weighted by atomic mass is 16.5. The maximum absolute atomic E-state index is 13.0. The number of amides is 4. The fourth-order valence-electron chi connectivity index (χ4n) is 6.24. The first kappa shape index (κ1) is 31.4. The molecule has 2 atom stereocenters. The van der Waals surface area contributed by atoms with Crippen molar-refractivity contribution < 1.29 is 33.4 Å². The van der Waals surface area contributed by atoms with Gasteiger partial charge in [0.2, 0.25) is 17.7 Å². The molecule has 46 heavy (non-hydrogen) atoms. The van der Waals surface area contributed by atoms with Crippen LogP contribution in [0.5, 0.6) is 0 Å². The summed E-state index contributed by atoms with van der Waals surface area (Å²) in [4.78, 5) is 61.7. The third-order valence-corrected chi connectivity index (χ3v) is 8.50. The number of rotatable bonds is 14. The molecule has 1 unspecified atom stereocenters. The Morgan fingerprint density at radius 2 is 1.83 bits per heavy atom. The summed E-state index contributed by atoms with van der Waals surface area (Å²) >= 11 is 0. The molecule has 0 spiro atoms. The van der Waals surface area contributed by atoms with E-state index in [-0.39, 0.29) is 43.4 Å². The number of benzene rings is 1. The van der Waals surface area contributed by atoms with Crippen LogP contribution in [0.1, 0.15) is 53.5 Å². The van der Waals surface area contributed by atoms with Gasteiger partial charge in [0, 0.05) is 55.3 Å². The van der Waals surface area contributed by atoms with Crippen LogP contribution in [0.15, 0.2) is 36.8 Å². The molecule has 15 heteroatoms. The number of piperidine rings is 1. The quantitative estimate of drug-likeness (QED) is 0.169. The molecule has 2 saturated heterocycles. The van der Waals surface area contributed by atoms with Crippen LogP contribution in [0.4, 0.5) is 11.5 Å². The second-order valence-corrected chi connectivity index (χ2v) is 11.4. The van der Waals surface area contributed by atoms with Crippen molar-refractivity contribution >= 4 is 40.7 Å². The Labute approximate surface area is 265 Å². The van der Waals surface area contributed by atoms with Gasteiger partial charge in [-0.15, -0.1) is 0 Å². The molecule has 2 aromatic heterocycles. The van der Waals surface area contributed by atoms with E-state index in [2.05, 4.69) is 20.6 Å². The van der Waals surface area contributed by atoms with Crippen molar-refractivity contribution in [3.8, 4) is 0 Å². The van der Waals surface area contributed by atoms with E-state index in [4.69, 9.17) is 19.9 Å². The van der Waals surface area contributed by atoms with Crippen molar-refractivity contribution in [2.75, 3.05) is 63.8 Å². The third kappa shape index (κ3) is 6.66. The van der Waals surface area contributed by atoms with Gasteiger partial charge in [-0.05, 0) is 31.4 Å². The summed E-state index contributed by atoms with van der Waals surface area (Å²) in [6.07, 6.45) is 7.37. The molecule has 3 aliphatic heterocycles. The molecule has 5 heterocycles. The fourth-order valence-corrected chi connectivity index (χ4v) is 6.24. The van der Waals surface area contributed by atoms with Gasteiger partial charge in [0.25, 0.3) is 5.91 Å². The first-order valence-corrected chi connectivity index (χ1v) is 15.5. The predicted molar refractivity (Wildman–Crippen MR) is 165 cm³/mol. The number of anilines is 2. The van der Waals surface area contributed by atoms with Crippen LogP contribution in [0.2, 0.25) is 0 Å². The minimum Gasteiger partial charge on any atom is -0.382 e. The number of hydrogen-bond acceptors (Lipinski definition) is 11. The van der Waals surface area contributed by atoms with Crippen LogP contribution in [0, 0.1) is 0 Å². The van der Waals surface area contributed by atoms with Crippen molar-refractivity contribution in [3.63, 3.8) is 0 Å². The highest BCUT2D eigenvalue weighted by Crippen LogP contribution is 2.33. The maximum Gasteiger partial charge on any atom is 0.255 e. The Bertz CT molecular complexity index is 1610. The number of hydrogen-bond donors (Lipinski definition) is 3. The average molecular weight is 635 g/mol. The lowest BCUT2D eigenvalue weighted by molar-refractivity contribution is -0.138. The van der Waals surface area contributed by atoms with Gasteiger partial charge in [-0.25, -0.2) is 9.97 Å². The van der Waals surface area contributed by atoms with Gasteiger partial charge in [0.1, 0.15) is 29.8 Å². The van der Waals surface area contributed by atoms with Crippen molar-refractivity contribution in [1.29, 1.82) is 0 Å². The molecule has 3 aromatic rings. The summed E-state index contributed by atoms with van der Waals surface area (Å²) in [5, 5.41) is 5.64. The van der Waals surface area contributed by atoms with Crippen LogP contribution in [-0.2, 0) is 35.1 Å². The lowest BCUT2D eigenvalue weighted by Crippen LogP contribution is -2.52. The zero-order valence-corrected chi connectivity index (χ0v) is 25.5. The van der Waals surface area contributed by atoms with Crippen LogP contribution in [-0.4, -0.2) is 107 Å². The number of imidazole rings is 1. The Kier molecular flexibility index (Phi) is 9.71. The minimum absolute atomic E-state index is 0.0326. The molecule has 2 fully saturated rings. The van der Waals surface area contributed by atoms with E-state index in [0.29, 0.717) is 63.9 Å². The number of carbonyl (C=O) groups is 4. The van der Waals surface area contributed by atoms with Crippen LogP contribution in [0.3, 0.4) is 0 Å². The average Bonchev–Trinajstić information content (AvgIpc) is 3.78. The number of nitrogens with two attached hydrogens (primary N) is 1. The van der Waals surface area contributed by atoms with Gasteiger partial charge < -0.3 is 35.1 Å². The number of imide groups is 1. The van der Waals surface area contributed by atoms with E-state index in [0.717, 1.165) is 35.4 Å². The predicted octanol–water partition coefficient (Wildman–Crippen LogP) is 0.898. The number of nitrogens with one attached hydrogen (secondary N) is 2. The normalized spacial score (nSPS) is 19.6. The molecule has 4 amide bonds. The van der Waals surface area contributed by atoms with Crippen molar-refractivity contribution in [2.24, 2.45) is 0 Å². The molecule has 244 valence electrons. The summed E-state index contributed by atoms with van der Waals surface area (Å²) in [5.41, 5.74) is 8.88. The summed E-state index contributed by atoms with van der Waals surface area (Å²) in [5.74, 6) is 0.140. The molecule has 6 rings (SSSR count). The Balaban J connectivity index is 0.845. The van der Waals surface area contributed by atoms with E-state index in [1.54, 1.807) is 30.7 Å². The van der Waals surface area contributed by atoms with Crippen molar-refractivity contribution in [3.05, 3.63) is 53.7 Å². The smallest absolute Gasteiger partial charge is 0.255 e. The van der Waals surface area contributed by atoms with Gasteiger partial charge in [-0.2, -0.15) is 0 Å². The Morgan fingerprint density at radius 1 is 1.02 bits per heavy atom. The Morgan fingerprint density at radius 3 is 2.65 bits per heavy atom. The number of aromatic nitrogens is 3. The van der Waals surface area contributed by atoms with Crippen LogP contribution in [0.25, 0.3) is 5.52 Å². The highest BCUT2D eigenvalue weighted by molar-refractivity contribution is 6.06. The molecule has 0 radical (unpaired) electrons. The summed E-state index contributed by atoms with van der Waals surface area (Å²) < 4.78 is 18.7. The summed E-state index contributed by atoms with van der Waals surface area (Å²) in [7, 11) is 0. The molecule has 0 bridgehead atoms. The van der Waals surface area contributed by atoms with Crippen molar-refractivity contribution in [1.82, 2.24) is 29.5 Å². The standard InChI is InChI=1S/C31H38N8O7/c32-28-25-17-35-29(38(25)11-8-34-28)23-5-2-10-37(23)27(41)19-46-16-15-45-14-13-44-12-9-33-22-4-1-3-20-21(22)18-39(31(20)43)24-6-7-26(40)36-30(24)42/h1,3-4,8,11,17,23-24,33H,2,5-7,9-10,12-16,18-19H2,(H2,32,34)(H,36,40,42)/t23-,24?/m0/s1. The highest BCUT2D eigenvalue weighted by Gasteiger charge is 2.40. The number of carbonyl (C=O) groups excluding carboxylic acids is 4. The molecule has 0 saturated carbocycles. The molecular formula is C31H38N8O7. The maximum atomic E-state index is 13.0. The minimum atomic E-state index is -0.648. The Hall–Kier alpha value is -4.60. The first-order valence-electron chi connectivity index (χ1n) is 15.5.